The molecule has 3 heteroatoms. The highest BCUT2D eigenvalue weighted by Gasteiger charge is 2.29. The molecule has 1 saturated heterocycles. The number of hydrogen-bond donors (Lipinski definition) is 1. The van der Waals surface area contributed by atoms with Crippen molar-refractivity contribution >= 4 is 5.91 Å². The molecule has 0 radical (unpaired) electrons. The van der Waals surface area contributed by atoms with Gasteiger partial charge >= 0.3 is 0 Å². The number of carbonyl (C=O) groups is 1. The largest absolute Gasteiger partial charge is 0.339 e. The van der Waals surface area contributed by atoms with Crippen LogP contribution in [-0.4, -0.2) is 36.5 Å². The lowest BCUT2D eigenvalue weighted by molar-refractivity contribution is -0.137. The van der Waals surface area contributed by atoms with Gasteiger partial charge in [-0.1, -0.05) is 19.8 Å². The average molecular weight is 210 g/mol. The number of carbonyl (C=O) groups excluding carboxylic acids is 1. The third-order valence-electron chi connectivity index (χ3n) is 3.67. The molecule has 0 spiro atoms. The number of amides is 1. The Balaban J connectivity index is 2.01. The molecule has 15 heavy (non-hydrogen) atoms. The van der Waals surface area contributed by atoms with E-state index in [0.29, 0.717) is 11.9 Å². The quantitative estimate of drug-likeness (QED) is 0.709. The Labute approximate surface area is 92.2 Å². The van der Waals surface area contributed by atoms with Gasteiger partial charge in [0, 0.05) is 25.0 Å². The first-order chi connectivity index (χ1) is 7.29. The zero-order valence-electron chi connectivity index (χ0n) is 9.67. The van der Waals surface area contributed by atoms with Gasteiger partial charge in [0.1, 0.15) is 0 Å². The Bertz CT molecular complexity index is 224. The summed E-state index contributed by atoms with van der Waals surface area (Å²) >= 11 is 0. The lowest BCUT2D eigenvalue weighted by Crippen LogP contribution is -2.47. The normalized spacial score (nSPS) is 30.3. The van der Waals surface area contributed by atoms with Crippen LogP contribution >= 0.6 is 0 Å². The van der Waals surface area contributed by atoms with Gasteiger partial charge in [-0.2, -0.15) is 0 Å². The highest BCUT2D eigenvalue weighted by Crippen LogP contribution is 2.25. The van der Waals surface area contributed by atoms with Gasteiger partial charge in [0.15, 0.2) is 0 Å². The van der Waals surface area contributed by atoms with Crippen molar-refractivity contribution in [2.75, 3.05) is 19.6 Å². The van der Waals surface area contributed by atoms with E-state index in [-0.39, 0.29) is 5.92 Å². The fourth-order valence-electron chi connectivity index (χ4n) is 2.75. The summed E-state index contributed by atoms with van der Waals surface area (Å²) in [5.41, 5.74) is 0. The number of rotatable bonds is 1. The molecule has 0 aromatic heterocycles. The highest BCUT2D eigenvalue weighted by atomic mass is 16.2. The molecule has 1 aliphatic carbocycles. The van der Waals surface area contributed by atoms with Crippen LogP contribution in [0.2, 0.25) is 0 Å². The van der Waals surface area contributed by atoms with Crippen molar-refractivity contribution in [2.45, 2.75) is 45.1 Å². The van der Waals surface area contributed by atoms with Gasteiger partial charge in [0.05, 0.1) is 0 Å². The van der Waals surface area contributed by atoms with Gasteiger partial charge in [-0.15, -0.1) is 0 Å². The fourth-order valence-corrected chi connectivity index (χ4v) is 2.75. The van der Waals surface area contributed by atoms with E-state index in [4.69, 9.17) is 0 Å². The van der Waals surface area contributed by atoms with Crippen molar-refractivity contribution in [3.63, 3.8) is 0 Å². The van der Waals surface area contributed by atoms with Crippen LogP contribution in [0, 0.1) is 5.92 Å². The van der Waals surface area contributed by atoms with Crippen molar-refractivity contribution in [1.29, 1.82) is 0 Å². The van der Waals surface area contributed by atoms with E-state index >= 15 is 0 Å². The Morgan fingerprint density at radius 1 is 1.27 bits per heavy atom. The third kappa shape index (κ3) is 2.51. The van der Waals surface area contributed by atoms with E-state index in [9.17, 15) is 4.79 Å². The minimum Gasteiger partial charge on any atom is -0.339 e. The van der Waals surface area contributed by atoms with Crippen LogP contribution in [0.3, 0.4) is 0 Å². The molecular formula is C12H22N2O. The summed E-state index contributed by atoms with van der Waals surface area (Å²) in [4.78, 5) is 14.3. The van der Waals surface area contributed by atoms with E-state index in [0.717, 1.165) is 26.1 Å². The second kappa shape index (κ2) is 4.97. The van der Waals surface area contributed by atoms with Crippen LogP contribution in [0.15, 0.2) is 0 Å². The third-order valence-corrected chi connectivity index (χ3v) is 3.67. The van der Waals surface area contributed by atoms with Crippen LogP contribution in [0.25, 0.3) is 0 Å². The summed E-state index contributed by atoms with van der Waals surface area (Å²) in [5.74, 6) is 0.528. The second-order valence-corrected chi connectivity index (χ2v) is 4.93. The maximum Gasteiger partial charge on any atom is 0.226 e. The number of hydrogen-bond acceptors (Lipinski definition) is 2. The molecule has 2 aliphatic rings. The summed E-state index contributed by atoms with van der Waals surface area (Å²) in [6.45, 7) is 4.91. The lowest BCUT2D eigenvalue weighted by Gasteiger charge is -2.33. The van der Waals surface area contributed by atoms with E-state index in [1.807, 2.05) is 6.92 Å². The maximum absolute atomic E-state index is 12.2. The van der Waals surface area contributed by atoms with Gasteiger partial charge in [0.25, 0.3) is 0 Å². The Kier molecular flexibility index (Phi) is 3.62. The summed E-state index contributed by atoms with van der Waals surface area (Å²) in [6.07, 6.45) is 6.18. The van der Waals surface area contributed by atoms with Crippen LogP contribution in [-0.2, 0) is 4.79 Å². The predicted molar refractivity (Wildman–Crippen MR) is 60.6 cm³/mol. The molecule has 0 bridgehead atoms. The SMILES string of the molecule is CC1CNCCCN(C2CCCC2)C1=O. The number of nitrogens with zero attached hydrogens (tertiary/aromatic N) is 1. The predicted octanol–water partition coefficient (Wildman–Crippen LogP) is 1.39. The van der Waals surface area contributed by atoms with Crippen molar-refractivity contribution in [3.05, 3.63) is 0 Å². The Morgan fingerprint density at radius 3 is 2.73 bits per heavy atom. The van der Waals surface area contributed by atoms with E-state index in [1.165, 1.54) is 25.7 Å². The van der Waals surface area contributed by atoms with Crippen LogP contribution in [0.1, 0.15) is 39.0 Å². The molecule has 1 atom stereocenters. The molecule has 86 valence electrons. The topological polar surface area (TPSA) is 32.3 Å². The van der Waals surface area contributed by atoms with Crippen molar-refractivity contribution in [1.82, 2.24) is 10.2 Å². The minimum absolute atomic E-state index is 0.158. The van der Waals surface area contributed by atoms with Gasteiger partial charge in [-0.05, 0) is 25.8 Å². The van der Waals surface area contributed by atoms with Crippen molar-refractivity contribution < 1.29 is 4.79 Å². The minimum atomic E-state index is 0.158. The molecule has 1 aliphatic heterocycles. The van der Waals surface area contributed by atoms with Crippen LogP contribution < -0.4 is 5.32 Å². The zero-order chi connectivity index (χ0) is 10.7. The molecule has 1 unspecified atom stereocenters. The first kappa shape index (κ1) is 10.9. The summed E-state index contributed by atoms with van der Waals surface area (Å²) < 4.78 is 0. The summed E-state index contributed by atoms with van der Waals surface area (Å²) in [6, 6.07) is 0.554. The van der Waals surface area contributed by atoms with Crippen molar-refractivity contribution in [2.24, 2.45) is 5.92 Å². The molecular weight excluding hydrogens is 188 g/mol. The summed E-state index contributed by atoms with van der Waals surface area (Å²) in [7, 11) is 0. The second-order valence-electron chi connectivity index (χ2n) is 4.93. The highest BCUT2D eigenvalue weighted by molar-refractivity contribution is 5.79. The first-order valence-electron chi connectivity index (χ1n) is 6.30. The monoisotopic (exact) mass is 210 g/mol. The van der Waals surface area contributed by atoms with E-state index in [1.54, 1.807) is 0 Å². The van der Waals surface area contributed by atoms with Crippen LogP contribution in [0.4, 0.5) is 0 Å². The Morgan fingerprint density at radius 2 is 2.00 bits per heavy atom. The summed E-state index contributed by atoms with van der Waals surface area (Å²) in [5, 5.41) is 3.33. The molecule has 3 nitrogen and oxygen atoms in total. The van der Waals surface area contributed by atoms with Gasteiger partial charge in [-0.3, -0.25) is 4.79 Å². The molecule has 1 saturated carbocycles. The molecule has 0 aromatic carbocycles. The molecule has 2 fully saturated rings. The van der Waals surface area contributed by atoms with Gasteiger partial charge in [0.2, 0.25) is 5.91 Å². The lowest BCUT2D eigenvalue weighted by atomic mass is 10.1. The average Bonchev–Trinajstić information content (AvgIpc) is 2.73. The van der Waals surface area contributed by atoms with Crippen LogP contribution in [0.5, 0.6) is 0 Å². The van der Waals surface area contributed by atoms with E-state index < -0.39 is 0 Å². The van der Waals surface area contributed by atoms with E-state index in [2.05, 4.69) is 10.2 Å². The molecule has 0 aromatic rings. The first-order valence-corrected chi connectivity index (χ1v) is 6.30. The molecule has 1 amide bonds. The standard InChI is InChI=1S/C12H22N2O/c1-10-9-13-7-4-8-14(12(10)15)11-5-2-3-6-11/h10-11,13H,2-9H2,1H3. The molecule has 1 N–H and O–H groups in total. The maximum atomic E-state index is 12.2. The fraction of sp³-hybridized carbons (Fsp3) is 0.917. The number of nitrogens with one attached hydrogen (secondary N) is 1. The molecule has 2 rings (SSSR count). The molecule has 1 heterocycles. The van der Waals surface area contributed by atoms with Gasteiger partial charge in [-0.25, -0.2) is 0 Å². The van der Waals surface area contributed by atoms with Crippen molar-refractivity contribution in [3.8, 4) is 0 Å². The zero-order valence-corrected chi connectivity index (χ0v) is 9.67. The van der Waals surface area contributed by atoms with Gasteiger partial charge < -0.3 is 10.2 Å². The Hall–Kier alpha value is -0.570. The smallest absolute Gasteiger partial charge is 0.226 e.